The van der Waals surface area contributed by atoms with Crippen LogP contribution in [0.4, 0.5) is 14.6 Å². The molecule has 194 valence electrons. The van der Waals surface area contributed by atoms with Crippen LogP contribution < -0.4 is 11.5 Å². The molecule has 11 heteroatoms. The fourth-order valence-electron chi connectivity index (χ4n) is 5.09. The van der Waals surface area contributed by atoms with Crippen LogP contribution >= 0.6 is 63.7 Å². The fourth-order valence-corrected chi connectivity index (χ4v) is 8.22. The molecule has 0 bridgehead atoms. The zero-order valence-corrected chi connectivity index (χ0v) is 26.2. The molecule has 3 unspecified atom stereocenters. The molecule has 1 saturated heterocycles. The van der Waals surface area contributed by atoms with E-state index in [2.05, 4.69) is 87.6 Å². The molecule has 36 heavy (non-hydrogen) atoms. The topological polar surface area (TPSA) is 73.1 Å². The van der Waals surface area contributed by atoms with Gasteiger partial charge in [-0.3, -0.25) is 4.90 Å². The highest BCUT2D eigenvalue weighted by atomic mass is 79.9. The number of hydrogen-bond acceptors (Lipinski definition) is 4. The average Bonchev–Trinajstić information content (AvgIpc) is 3.15. The van der Waals surface area contributed by atoms with Crippen molar-refractivity contribution in [3.8, 4) is 5.69 Å². The molecule has 0 spiro atoms. The Bertz CT molecular complexity index is 1240. The van der Waals surface area contributed by atoms with Gasteiger partial charge in [-0.05, 0) is 81.1 Å². The Balaban J connectivity index is 1.64. The monoisotopic (exact) mass is 751 g/mol. The van der Waals surface area contributed by atoms with Crippen molar-refractivity contribution in [2.75, 3.05) is 18.8 Å². The van der Waals surface area contributed by atoms with Crippen LogP contribution in [-0.4, -0.2) is 33.8 Å². The van der Waals surface area contributed by atoms with Crippen molar-refractivity contribution in [3.05, 3.63) is 71.1 Å². The van der Waals surface area contributed by atoms with Gasteiger partial charge in [0.2, 0.25) is 0 Å². The minimum atomic E-state index is -0.411. The number of nitrogen functional groups attached to an aromatic ring is 1. The van der Waals surface area contributed by atoms with E-state index in [-0.39, 0.29) is 23.7 Å². The second kappa shape index (κ2) is 11.1. The third-order valence-corrected chi connectivity index (χ3v) is 9.68. The van der Waals surface area contributed by atoms with E-state index >= 15 is 0 Å². The van der Waals surface area contributed by atoms with Crippen LogP contribution in [0.25, 0.3) is 5.69 Å². The van der Waals surface area contributed by atoms with Gasteiger partial charge in [-0.1, -0.05) is 52.1 Å². The second-order valence-corrected chi connectivity index (χ2v) is 12.8. The summed E-state index contributed by atoms with van der Waals surface area (Å²) in [7, 11) is 0. The van der Waals surface area contributed by atoms with Gasteiger partial charge in [-0.25, -0.2) is 13.5 Å². The summed E-state index contributed by atoms with van der Waals surface area (Å²) in [5.41, 5.74) is 15.6. The molecule has 4 N–H and O–H groups in total. The van der Waals surface area contributed by atoms with Crippen molar-refractivity contribution in [3.63, 3.8) is 0 Å². The molecule has 0 radical (unpaired) electrons. The fraction of sp³-hybridized carbons (Fsp3) is 0.400. The van der Waals surface area contributed by atoms with E-state index in [1.54, 1.807) is 10.9 Å². The Morgan fingerprint density at radius 1 is 1.06 bits per heavy atom. The molecule has 3 aromatic rings. The number of halogens is 6. The standard InChI is InChI=1S/C25H27Br4F2N5/c1-3-4-20(22-16(26)7-13(30)8-17(22)27)35-6-5-25(2,21(32)12-35)15-11-34-36(24(15)33)23-18(28)9-14(31)10-19(23)29/h7-11,20-21H,3-6,12,32-33H2,1-2H3. The van der Waals surface area contributed by atoms with Crippen LogP contribution in [0, 0.1) is 11.6 Å². The van der Waals surface area contributed by atoms with Crippen LogP contribution in [0.15, 0.2) is 48.4 Å². The van der Waals surface area contributed by atoms with E-state index in [1.165, 1.54) is 24.3 Å². The minimum Gasteiger partial charge on any atom is -0.383 e. The normalized spacial score (nSPS) is 21.6. The third kappa shape index (κ3) is 5.20. The Kier molecular flexibility index (Phi) is 8.68. The number of nitrogens with zero attached hydrogens (tertiary/aromatic N) is 3. The van der Waals surface area contributed by atoms with Gasteiger partial charge in [0.25, 0.3) is 0 Å². The van der Waals surface area contributed by atoms with E-state index < -0.39 is 5.41 Å². The van der Waals surface area contributed by atoms with E-state index in [9.17, 15) is 8.78 Å². The molecule has 0 aliphatic carbocycles. The minimum absolute atomic E-state index is 0.0844. The summed E-state index contributed by atoms with van der Waals surface area (Å²) >= 11 is 14.0. The Labute approximate surface area is 243 Å². The van der Waals surface area contributed by atoms with Gasteiger partial charge < -0.3 is 11.5 Å². The van der Waals surface area contributed by atoms with Crippen molar-refractivity contribution in [1.82, 2.24) is 14.7 Å². The van der Waals surface area contributed by atoms with Crippen molar-refractivity contribution < 1.29 is 8.78 Å². The molecule has 0 saturated carbocycles. The van der Waals surface area contributed by atoms with Crippen LogP contribution in [0.2, 0.25) is 0 Å². The van der Waals surface area contributed by atoms with E-state index in [0.717, 1.165) is 45.9 Å². The lowest BCUT2D eigenvalue weighted by Gasteiger charge is -2.47. The Morgan fingerprint density at radius 2 is 1.61 bits per heavy atom. The summed E-state index contributed by atoms with van der Waals surface area (Å²) in [5, 5.41) is 4.55. The highest BCUT2D eigenvalue weighted by Crippen LogP contribution is 2.44. The zero-order valence-electron chi connectivity index (χ0n) is 19.8. The van der Waals surface area contributed by atoms with E-state index in [4.69, 9.17) is 11.5 Å². The number of hydrogen-bond donors (Lipinski definition) is 2. The van der Waals surface area contributed by atoms with Gasteiger partial charge >= 0.3 is 0 Å². The second-order valence-electron chi connectivity index (χ2n) is 9.43. The summed E-state index contributed by atoms with van der Waals surface area (Å²) in [5.74, 6) is -0.183. The molecular weight excluding hydrogens is 728 g/mol. The number of benzene rings is 2. The van der Waals surface area contributed by atoms with Crippen LogP contribution in [0.5, 0.6) is 0 Å². The molecule has 1 fully saturated rings. The van der Waals surface area contributed by atoms with Gasteiger partial charge in [0.1, 0.15) is 17.5 Å². The van der Waals surface area contributed by atoms with E-state index in [0.29, 0.717) is 27.0 Å². The number of anilines is 1. The predicted molar refractivity (Wildman–Crippen MR) is 154 cm³/mol. The lowest BCUT2D eigenvalue weighted by molar-refractivity contribution is 0.0959. The molecule has 5 nitrogen and oxygen atoms in total. The summed E-state index contributed by atoms with van der Waals surface area (Å²) in [6.07, 6.45) is 4.43. The van der Waals surface area contributed by atoms with Gasteiger partial charge in [0, 0.05) is 47.5 Å². The molecule has 2 aromatic carbocycles. The Morgan fingerprint density at radius 3 is 2.14 bits per heavy atom. The van der Waals surface area contributed by atoms with Gasteiger partial charge in [-0.15, -0.1) is 0 Å². The highest BCUT2D eigenvalue weighted by molar-refractivity contribution is 9.11. The molecule has 3 atom stereocenters. The molecule has 0 amide bonds. The summed E-state index contributed by atoms with van der Waals surface area (Å²) < 4.78 is 31.9. The first-order valence-electron chi connectivity index (χ1n) is 11.6. The number of likely N-dealkylation sites (tertiary alicyclic amines) is 1. The largest absolute Gasteiger partial charge is 0.383 e. The summed E-state index contributed by atoms with van der Waals surface area (Å²) in [4.78, 5) is 2.38. The smallest absolute Gasteiger partial charge is 0.131 e. The number of nitrogens with two attached hydrogens (primary N) is 2. The first-order valence-corrected chi connectivity index (χ1v) is 14.8. The maximum atomic E-state index is 13.9. The van der Waals surface area contributed by atoms with Gasteiger partial charge in [-0.2, -0.15) is 5.10 Å². The van der Waals surface area contributed by atoms with Crippen molar-refractivity contribution >= 4 is 69.5 Å². The third-order valence-electron chi connectivity index (χ3n) is 7.16. The first kappa shape index (κ1) is 28.2. The lowest BCUT2D eigenvalue weighted by Crippen LogP contribution is -2.57. The maximum Gasteiger partial charge on any atom is 0.131 e. The summed E-state index contributed by atoms with van der Waals surface area (Å²) in [6.45, 7) is 5.71. The maximum absolute atomic E-state index is 13.9. The molecule has 1 aliphatic heterocycles. The number of piperidine rings is 1. The zero-order chi connectivity index (χ0) is 26.4. The number of rotatable bonds is 6. The van der Waals surface area contributed by atoms with Crippen molar-refractivity contribution in [1.29, 1.82) is 0 Å². The Hall–Kier alpha value is -0.850. The molecule has 4 rings (SSSR count). The average molecular weight is 755 g/mol. The molecule has 2 heterocycles. The van der Waals surface area contributed by atoms with E-state index in [1.807, 2.05) is 0 Å². The SMILES string of the molecule is CCCC(c1c(Br)cc(F)cc1Br)N1CCC(C)(c2cnn(-c3c(Br)cc(F)cc3Br)c2N)C(N)C1. The molecule has 1 aromatic heterocycles. The van der Waals surface area contributed by atoms with Crippen LogP contribution in [0.1, 0.15) is 50.3 Å². The molecular formula is C25H27Br4F2N5. The summed E-state index contributed by atoms with van der Waals surface area (Å²) in [6, 6.07) is 5.65. The van der Waals surface area contributed by atoms with Crippen molar-refractivity contribution in [2.24, 2.45) is 5.73 Å². The highest BCUT2D eigenvalue weighted by Gasteiger charge is 2.43. The van der Waals surface area contributed by atoms with Crippen molar-refractivity contribution in [2.45, 2.75) is 50.6 Å². The number of aromatic nitrogens is 2. The lowest BCUT2D eigenvalue weighted by atomic mass is 9.71. The van der Waals surface area contributed by atoms with Gasteiger partial charge in [0.05, 0.1) is 11.9 Å². The first-order chi connectivity index (χ1) is 17.0. The quantitative estimate of drug-likeness (QED) is 0.272. The van der Waals surface area contributed by atoms with Gasteiger partial charge in [0.15, 0.2) is 0 Å². The van der Waals surface area contributed by atoms with Crippen LogP contribution in [-0.2, 0) is 5.41 Å². The predicted octanol–water partition coefficient (Wildman–Crippen LogP) is 7.61. The molecule has 1 aliphatic rings. The van der Waals surface area contributed by atoms with Crippen LogP contribution in [0.3, 0.4) is 0 Å².